The van der Waals surface area contributed by atoms with Crippen LogP contribution in [-0.4, -0.2) is 11.6 Å². The van der Waals surface area contributed by atoms with Gasteiger partial charge in [-0.2, -0.15) is 0 Å². The van der Waals surface area contributed by atoms with Crippen LogP contribution < -0.4 is 0 Å². The molecule has 1 aromatic rings. The van der Waals surface area contributed by atoms with Gasteiger partial charge in [0.15, 0.2) is 0 Å². The molecule has 0 saturated heterocycles. The normalized spacial score (nSPS) is 13.0. The molecule has 0 atom stereocenters. The average molecular weight is 246 g/mol. The van der Waals surface area contributed by atoms with E-state index in [1.807, 2.05) is 65.8 Å². The van der Waals surface area contributed by atoms with Crippen LogP contribution in [0.4, 0.5) is 0 Å². The number of carbonyl (C=O) groups excluding carboxylic acids is 1. The lowest BCUT2D eigenvalue weighted by atomic mass is 10.0. The topological polar surface area (TPSA) is 26.3 Å². The van der Waals surface area contributed by atoms with E-state index in [4.69, 9.17) is 4.74 Å². The zero-order chi connectivity index (χ0) is 13.9. The molecule has 98 valence electrons. The Morgan fingerprint density at radius 1 is 1.06 bits per heavy atom. The van der Waals surface area contributed by atoms with Crippen molar-refractivity contribution >= 4 is 11.5 Å². The summed E-state index contributed by atoms with van der Waals surface area (Å²) >= 11 is 0. The molecular formula is C16H22O2. The maximum Gasteiger partial charge on any atom is 0.334 e. The Balaban J connectivity index is 2.98. The number of aryl methyl sites for hydroxylation is 1. The Bertz CT molecular complexity index is 459. The minimum atomic E-state index is -0.452. The predicted octanol–water partition coefficient (Wildman–Crippen LogP) is 4.13. The van der Waals surface area contributed by atoms with Crippen molar-refractivity contribution in [2.45, 2.75) is 47.1 Å². The van der Waals surface area contributed by atoms with Crippen LogP contribution in [0.2, 0.25) is 0 Å². The first kappa shape index (κ1) is 14.5. The second kappa shape index (κ2) is 5.38. The highest BCUT2D eigenvalue weighted by Crippen LogP contribution is 2.21. The van der Waals surface area contributed by atoms with Gasteiger partial charge in [-0.05, 0) is 52.7 Å². The number of esters is 1. The van der Waals surface area contributed by atoms with Crippen molar-refractivity contribution in [3.05, 3.63) is 41.0 Å². The Morgan fingerprint density at radius 3 is 2.00 bits per heavy atom. The zero-order valence-corrected chi connectivity index (χ0v) is 12.1. The second-order valence-corrected chi connectivity index (χ2v) is 5.62. The molecular weight excluding hydrogens is 224 g/mol. The van der Waals surface area contributed by atoms with Crippen molar-refractivity contribution in [1.29, 1.82) is 0 Å². The molecule has 1 aromatic carbocycles. The van der Waals surface area contributed by atoms with E-state index in [2.05, 4.69) is 0 Å². The Morgan fingerprint density at radius 2 is 1.56 bits per heavy atom. The van der Waals surface area contributed by atoms with E-state index in [0.29, 0.717) is 5.57 Å². The van der Waals surface area contributed by atoms with Crippen molar-refractivity contribution < 1.29 is 9.53 Å². The van der Waals surface area contributed by atoms with E-state index in [1.54, 1.807) is 0 Å². The Hall–Kier alpha value is -1.57. The molecule has 2 heteroatoms. The summed E-state index contributed by atoms with van der Waals surface area (Å²) in [4.78, 5) is 12.0. The van der Waals surface area contributed by atoms with Gasteiger partial charge in [-0.25, -0.2) is 4.79 Å². The number of hydrogen-bond acceptors (Lipinski definition) is 2. The third-order valence-electron chi connectivity index (χ3n) is 2.75. The van der Waals surface area contributed by atoms with Gasteiger partial charge in [-0.15, -0.1) is 0 Å². The summed E-state index contributed by atoms with van der Waals surface area (Å²) in [5, 5.41) is 0. The smallest absolute Gasteiger partial charge is 0.334 e. The van der Waals surface area contributed by atoms with Gasteiger partial charge in [0.1, 0.15) is 5.60 Å². The number of allylic oxidation sites excluding steroid dienone is 1. The zero-order valence-electron chi connectivity index (χ0n) is 12.1. The fourth-order valence-electron chi connectivity index (χ4n) is 1.53. The molecule has 0 fully saturated rings. The molecule has 0 saturated carbocycles. The maximum atomic E-state index is 12.0. The van der Waals surface area contributed by atoms with E-state index in [1.165, 1.54) is 5.56 Å². The van der Waals surface area contributed by atoms with Crippen molar-refractivity contribution in [2.24, 2.45) is 0 Å². The minimum absolute atomic E-state index is 0.249. The minimum Gasteiger partial charge on any atom is -0.457 e. The molecule has 0 heterocycles. The van der Waals surface area contributed by atoms with Crippen LogP contribution in [-0.2, 0) is 9.53 Å². The Labute approximate surface area is 110 Å². The monoisotopic (exact) mass is 246 g/mol. The average Bonchev–Trinajstić information content (AvgIpc) is 2.26. The first-order valence-corrected chi connectivity index (χ1v) is 6.18. The second-order valence-electron chi connectivity index (χ2n) is 5.62. The summed E-state index contributed by atoms with van der Waals surface area (Å²) < 4.78 is 5.37. The standard InChI is InChI=1S/C16H22O2/c1-11-7-9-14(10-8-11)12(2)13(3)15(17)18-16(4,5)6/h7-10H,1-6H3/b13-12+. The fraction of sp³-hybridized carbons (Fsp3) is 0.438. The molecule has 0 aliphatic carbocycles. The van der Waals surface area contributed by atoms with Crippen LogP contribution >= 0.6 is 0 Å². The third kappa shape index (κ3) is 4.02. The number of benzene rings is 1. The Kier molecular flexibility index (Phi) is 4.33. The molecule has 0 spiro atoms. The molecule has 18 heavy (non-hydrogen) atoms. The quantitative estimate of drug-likeness (QED) is 0.579. The number of rotatable bonds is 2. The molecule has 0 unspecified atom stereocenters. The molecule has 0 aliphatic rings. The highest BCUT2D eigenvalue weighted by molar-refractivity contribution is 5.96. The van der Waals surface area contributed by atoms with Crippen molar-refractivity contribution in [3.8, 4) is 0 Å². The fourth-order valence-corrected chi connectivity index (χ4v) is 1.53. The van der Waals surface area contributed by atoms with Gasteiger partial charge in [0.2, 0.25) is 0 Å². The van der Waals surface area contributed by atoms with Crippen molar-refractivity contribution in [1.82, 2.24) is 0 Å². The SMILES string of the molecule is C/C(C(=O)OC(C)(C)C)=C(/C)c1ccc(C)cc1. The first-order chi connectivity index (χ1) is 8.20. The van der Waals surface area contributed by atoms with Gasteiger partial charge < -0.3 is 4.74 Å². The van der Waals surface area contributed by atoms with Crippen molar-refractivity contribution in [2.75, 3.05) is 0 Å². The highest BCUT2D eigenvalue weighted by atomic mass is 16.6. The molecule has 0 radical (unpaired) electrons. The molecule has 0 bridgehead atoms. The van der Waals surface area contributed by atoms with Gasteiger partial charge in [0.05, 0.1) is 0 Å². The summed E-state index contributed by atoms with van der Waals surface area (Å²) in [5.74, 6) is -0.249. The van der Waals surface area contributed by atoms with E-state index >= 15 is 0 Å². The largest absolute Gasteiger partial charge is 0.457 e. The first-order valence-electron chi connectivity index (χ1n) is 6.18. The predicted molar refractivity (Wildman–Crippen MR) is 75.3 cm³/mol. The maximum absolute atomic E-state index is 12.0. The van der Waals surface area contributed by atoms with Crippen LogP contribution in [0, 0.1) is 6.92 Å². The molecule has 0 amide bonds. The van der Waals surface area contributed by atoms with Crippen LogP contribution in [0.15, 0.2) is 29.8 Å². The number of ether oxygens (including phenoxy) is 1. The molecule has 0 aromatic heterocycles. The lowest BCUT2D eigenvalue weighted by Crippen LogP contribution is -2.24. The van der Waals surface area contributed by atoms with Crippen LogP contribution in [0.3, 0.4) is 0 Å². The summed E-state index contributed by atoms with van der Waals surface area (Å²) in [5.41, 5.74) is 3.44. The van der Waals surface area contributed by atoms with E-state index < -0.39 is 5.60 Å². The lowest BCUT2D eigenvalue weighted by molar-refractivity contribution is -0.149. The number of carbonyl (C=O) groups is 1. The van der Waals surface area contributed by atoms with E-state index in [-0.39, 0.29) is 5.97 Å². The van der Waals surface area contributed by atoms with Crippen molar-refractivity contribution in [3.63, 3.8) is 0 Å². The van der Waals surface area contributed by atoms with E-state index in [9.17, 15) is 4.79 Å². The van der Waals surface area contributed by atoms with Gasteiger partial charge in [-0.3, -0.25) is 0 Å². The summed E-state index contributed by atoms with van der Waals surface area (Å²) in [6.07, 6.45) is 0. The van der Waals surface area contributed by atoms with Gasteiger partial charge in [0, 0.05) is 5.57 Å². The number of hydrogen-bond donors (Lipinski definition) is 0. The third-order valence-corrected chi connectivity index (χ3v) is 2.75. The van der Waals surface area contributed by atoms with Gasteiger partial charge in [-0.1, -0.05) is 29.8 Å². The molecule has 1 rings (SSSR count). The summed E-state index contributed by atoms with van der Waals surface area (Å²) in [6, 6.07) is 8.14. The van der Waals surface area contributed by atoms with Crippen LogP contribution in [0.25, 0.3) is 5.57 Å². The van der Waals surface area contributed by atoms with E-state index in [0.717, 1.165) is 11.1 Å². The molecule has 2 nitrogen and oxygen atoms in total. The van der Waals surface area contributed by atoms with Gasteiger partial charge in [0.25, 0.3) is 0 Å². The molecule has 0 aliphatic heterocycles. The van der Waals surface area contributed by atoms with Crippen LogP contribution in [0.5, 0.6) is 0 Å². The van der Waals surface area contributed by atoms with Crippen LogP contribution in [0.1, 0.15) is 45.7 Å². The van der Waals surface area contributed by atoms with Gasteiger partial charge >= 0.3 is 5.97 Å². The molecule has 0 N–H and O–H groups in total. The highest BCUT2D eigenvalue weighted by Gasteiger charge is 2.19. The summed E-state index contributed by atoms with van der Waals surface area (Å²) in [7, 11) is 0. The lowest BCUT2D eigenvalue weighted by Gasteiger charge is -2.20. The summed E-state index contributed by atoms with van der Waals surface area (Å²) in [6.45, 7) is 11.4.